The molecular formula is C26H54N4O6. The van der Waals surface area contributed by atoms with Crippen LogP contribution in [0.5, 0.6) is 0 Å². The van der Waals surface area contributed by atoms with Crippen molar-refractivity contribution in [1.82, 2.24) is 10.6 Å². The average Bonchev–Trinajstić information content (AvgIpc) is 2.81. The van der Waals surface area contributed by atoms with Gasteiger partial charge in [-0.1, -0.05) is 6.92 Å². The molecule has 0 spiro atoms. The summed E-state index contributed by atoms with van der Waals surface area (Å²) in [6.07, 6.45) is 3.98. The maximum absolute atomic E-state index is 12.1. The van der Waals surface area contributed by atoms with Gasteiger partial charge in [0.1, 0.15) is 5.78 Å². The molecular weight excluding hydrogens is 464 g/mol. The average molecular weight is 519 g/mol. The van der Waals surface area contributed by atoms with Crippen molar-refractivity contribution in [2.24, 2.45) is 17.4 Å². The molecule has 1 amide bonds. The fraction of sp³-hybridized carbons (Fsp3) is 0.923. The van der Waals surface area contributed by atoms with E-state index in [-0.39, 0.29) is 29.8 Å². The molecule has 0 aromatic rings. The molecule has 6 N–H and O–H groups in total. The minimum Gasteiger partial charge on any atom is -0.379 e. The van der Waals surface area contributed by atoms with E-state index in [9.17, 15) is 9.59 Å². The summed E-state index contributed by atoms with van der Waals surface area (Å²) in [4.78, 5) is 24.0. The van der Waals surface area contributed by atoms with Crippen LogP contribution in [0.3, 0.4) is 0 Å². The fourth-order valence-electron chi connectivity index (χ4n) is 3.27. The van der Waals surface area contributed by atoms with E-state index < -0.39 is 0 Å². The Kier molecular flexibility index (Phi) is 23.4. The van der Waals surface area contributed by atoms with Gasteiger partial charge >= 0.3 is 0 Å². The lowest BCUT2D eigenvalue weighted by Crippen LogP contribution is -2.35. The number of ketones is 1. The van der Waals surface area contributed by atoms with Gasteiger partial charge in [-0.05, 0) is 46.0 Å². The van der Waals surface area contributed by atoms with E-state index in [1.807, 2.05) is 20.8 Å². The Bertz CT molecular complexity index is 491. The lowest BCUT2D eigenvalue weighted by molar-refractivity contribution is -0.122. The molecule has 0 aliphatic carbocycles. The van der Waals surface area contributed by atoms with Gasteiger partial charge in [-0.2, -0.15) is 0 Å². The molecule has 10 heteroatoms. The number of nitrogens with two attached hydrogens (primary N) is 2. The summed E-state index contributed by atoms with van der Waals surface area (Å²) in [5.41, 5.74) is 11.2. The van der Waals surface area contributed by atoms with Crippen LogP contribution in [0.15, 0.2) is 0 Å². The number of carbonyl (C=O) groups excluding carboxylic acids is 2. The van der Waals surface area contributed by atoms with Crippen LogP contribution in [0.2, 0.25) is 0 Å². The van der Waals surface area contributed by atoms with E-state index in [1.165, 1.54) is 0 Å². The van der Waals surface area contributed by atoms with Gasteiger partial charge in [0.05, 0.1) is 46.2 Å². The second kappa shape index (κ2) is 24.2. The maximum Gasteiger partial charge on any atom is 0.221 e. The minimum atomic E-state index is -0.0101. The van der Waals surface area contributed by atoms with Crippen LogP contribution >= 0.6 is 0 Å². The van der Waals surface area contributed by atoms with Crippen molar-refractivity contribution in [3.63, 3.8) is 0 Å². The number of nitrogens with one attached hydrogen (secondary N) is 2. The first-order chi connectivity index (χ1) is 17.2. The quantitative estimate of drug-likeness (QED) is 0.125. The monoisotopic (exact) mass is 518 g/mol. The summed E-state index contributed by atoms with van der Waals surface area (Å²) in [5.74, 6) is 0.650. The van der Waals surface area contributed by atoms with E-state index in [0.29, 0.717) is 97.5 Å². The molecule has 0 aromatic heterocycles. The van der Waals surface area contributed by atoms with Crippen molar-refractivity contribution in [3.8, 4) is 0 Å². The van der Waals surface area contributed by atoms with Crippen LogP contribution in [0, 0.1) is 5.92 Å². The first-order valence-corrected chi connectivity index (χ1v) is 13.5. The number of carbonyl (C=O) groups is 2. The Morgan fingerprint density at radius 1 is 0.694 bits per heavy atom. The van der Waals surface area contributed by atoms with Gasteiger partial charge in [0.15, 0.2) is 0 Å². The summed E-state index contributed by atoms with van der Waals surface area (Å²) in [7, 11) is 0. The molecule has 0 bridgehead atoms. The molecule has 0 rings (SSSR count). The highest BCUT2D eigenvalue weighted by Crippen LogP contribution is 2.10. The molecule has 0 saturated carbocycles. The third-order valence-electron chi connectivity index (χ3n) is 5.23. The maximum atomic E-state index is 12.1. The van der Waals surface area contributed by atoms with Crippen molar-refractivity contribution < 1.29 is 28.5 Å². The molecule has 0 fully saturated rings. The molecule has 0 saturated heterocycles. The van der Waals surface area contributed by atoms with Crippen LogP contribution in [-0.2, 0) is 28.5 Å². The van der Waals surface area contributed by atoms with E-state index in [1.54, 1.807) is 0 Å². The standard InChI is InChI=1S/C26H54N4O6/c1-21(17-33-13-14-34-18-22(2)27)7-5-8-25(31)9-6-11-30-26(32)10-12-29-24(4)20-36-16-15-35-19-23(3)28/h21-24,29H,5-20,27-28H2,1-4H3,(H,30,32). The van der Waals surface area contributed by atoms with Crippen LogP contribution in [0.25, 0.3) is 0 Å². The number of Topliss-reactive ketones (excluding diaryl/α,β-unsaturated/α-hetero) is 1. The topological polar surface area (TPSA) is 147 Å². The Labute approximate surface area is 218 Å². The number of hydrogen-bond acceptors (Lipinski definition) is 9. The third-order valence-corrected chi connectivity index (χ3v) is 5.23. The smallest absolute Gasteiger partial charge is 0.221 e. The van der Waals surface area contributed by atoms with Crippen molar-refractivity contribution in [2.75, 3.05) is 65.9 Å². The predicted octanol–water partition coefficient (Wildman–Crippen LogP) is 1.39. The summed E-state index contributed by atoms with van der Waals surface area (Å²) < 4.78 is 21.9. The summed E-state index contributed by atoms with van der Waals surface area (Å²) >= 11 is 0. The second-order valence-electron chi connectivity index (χ2n) is 9.85. The van der Waals surface area contributed by atoms with Gasteiger partial charge in [0.2, 0.25) is 5.91 Å². The molecule has 214 valence electrons. The number of ether oxygens (including phenoxy) is 4. The van der Waals surface area contributed by atoms with Gasteiger partial charge in [-0.15, -0.1) is 0 Å². The highest BCUT2D eigenvalue weighted by atomic mass is 16.5. The van der Waals surface area contributed by atoms with E-state index >= 15 is 0 Å². The first-order valence-electron chi connectivity index (χ1n) is 13.5. The minimum absolute atomic E-state index is 0.0101. The van der Waals surface area contributed by atoms with Gasteiger partial charge in [0.25, 0.3) is 0 Å². The van der Waals surface area contributed by atoms with E-state index in [2.05, 4.69) is 17.6 Å². The molecule has 10 nitrogen and oxygen atoms in total. The van der Waals surface area contributed by atoms with Crippen molar-refractivity contribution in [3.05, 3.63) is 0 Å². The fourth-order valence-corrected chi connectivity index (χ4v) is 3.27. The molecule has 0 aliphatic heterocycles. The highest BCUT2D eigenvalue weighted by molar-refractivity contribution is 5.78. The largest absolute Gasteiger partial charge is 0.379 e. The van der Waals surface area contributed by atoms with Crippen LogP contribution in [-0.4, -0.2) is 95.8 Å². The lowest BCUT2D eigenvalue weighted by Gasteiger charge is -2.14. The van der Waals surface area contributed by atoms with Crippen LogP contribution < -0.4 is 22.1 Å². The molecule has 0 aliphatic rings. The summed E-state index contributed by atoms with van der Waals surface area (Å²) in [5, 5.41) is 6.15. The number of rotatable bonds is 26. The zero-order chi connectivity index (χ0) is 27.0. The molecule has 0 aromatic carbocycles. The lowest BCUT2D eigenvalue weighted by atomic mass is 10.0. The molecule has 36 heavy (non-hydrogen) atoms. The zero-order valence-corrected chi connectivity index (χ0v) is 23.2. The van der Waals surface area contributed by atoms with Gasteiger partial charge in [0, 0.05) is 57.1 Å². The predicted molar refractivity (Wildman–Crippen MR) is 143 cm³/mol. The van der Waals surface area contributed by atoms with Crippen molar-refractivity contribution in [1.29, 1.82) is 0 Å². The Morgan fingerprint density at radius 3 is 1.81 bits per heavy atom. The Morgan fingerprint density at radius 2 is 1.22 bits per heavy atom. The Balaban J connectivity index is 3.53. The van der Waals surface area contributed by atoms with Crippen LogP contribution in [0.1, 0.15) is 66.2 Å². The van der Waals surface area contributed by atoms with E-state index in [0.717, 1.165) is 12.8 Å². The van der Waals surface area contributed by atoms with Gasteiger partial charge < -0.3 is 41.0 Å². The SMILES string of the molecule is CC(N)COCCOCC(C)CCCC(=O)CCCNC(=O)CCNC(C)COCCOCC(C)N. The van der Waals surface area contributed by atoms with Crippen LogP contribution in [0.4, 0.5) is 0 Å². The van der Waals surface area contributed by atoms with Gasteiger partial charge in [-0.3, -0.25) is 9.59 Å². The highest BCUT2D eigenvalue weighted by Gasteiger charge is 2.08. The molecule has 4 atom stereocenters. The third kappa shape index (κ3) is 25.9. The second-order valence-corrected chi connectivity index (χ2v) is 9.85. The van der Waals surface area contributed by atoms with Crippen molar-refractivity contribution >= 4 is 11.7 Å². The van der Waals surface area contributed by atoms with Crippen molar-refractivity contribution in [2.45, 2.75) is 84.3 Å². The molecule has 0 radical (unpaired) electrons. The van der Waals surface area contributed by atoms with Gasteiger partial charge in [-0.25, -0.2) is 0 Å². The molecule has 0 heterocycles. The first kappa shape index (κ1) is 34.9. The summed E-state index contributed by atoms with van der Waals surface area (Å²) in [6.45, 7) is 13.5. The number of amides is 1. The molecule has 4 unspecified atom stereocenters. The summed E-state index contributed by atoms with van der Waals surface area (Å²) in [6, 6.07) is 0.227. The zero-order valence-electron chi connectivity index (χ0n) is 23.2. The normalized spacial score (nSPS) is 14.8. The Hall–Kier alpha value is -1.14. The van der Waals surface area contributed by atoms with E-state index in [4.69, 9.17) is 30.4 Å². The number of hydrogen-bond donors (Lipinski definition) is 4.